The van der Waals surface area contributed by atoms with Crippen molar-refractivity contribution >= 4 is 22.1 Å². The first kappa shape index (κ1) is 19.6. The number of hydrazone groups is 1. The number of amides is 1. The quantitative estimate of drug-likeness (QED) is 0.621. The first-order valence-corrected chi connectivity index (χ1v) is 10.1. The average Bonchev–Trinajstić information content (AvgIpc) is 2.59. The van der Waals surface area contributed by atoms with E-state index in [-0.39, 0.29) is 11.8 Å². The third kappa shape index (κ3) is 5.37. The van der Waals surface area contributed by atoms with Crippen LogP contribution in [-0.2, 0) is 14.8 Å². The van der Waals surface area contributed by atoms with Gasteiger partial charge in [0.25, 0.3) is 0 Å². The molecular formula is C18H27N3O3S. The fourth-order valence-corrected chi connectivity index (χ4v) is 4.15. The number of sulfonamides is 1. The van der Waals surface area contributed by atoms with Gasteiger partial charge in [-0.05, 0) is 44.2 Å². The lowest BCUT2D eigenvalue weighted by Gasteiger charge is -2.30. The van der Waals surface area contributed by atoms with Crippen LogP contribution < -0.4 is 5.43 Å². The van der Waals surface area contributed by atoms with Crippen LogP contribution in [0, 0.1) is 18.8 Å². The molecule has 0 unspecified atom stereocenters. The smallest absolute Gasteiger partial charge is 0.243 e. The predicted molar refractivity (Wildman–Crippen MR) is 98.8 cm³/mol. The van der Waals surface area contributed by atoms with Gasteiger partial charge < -0.3 is 0 Å². The number of piperidine rings is 1. The van der Waals surface area contributed by atoms with Crippen LogP contribution in [0.5, 0.6) is 0 Å². The maximum atomic E-state index is 12.7. The molecule has 25 heavy (non-hydrogen) atoms. The van der Waals surface area contributed by atoms with E-state index in [1.54, 1.807) is 30.5 Å². The van der Waals surface area contributed by atoms with Gasteiger partial charge >= 0.3 is 0 Å². The molecular weight excluding hydrogens is 338 g/mol. The van der Waals surface area contributed by atoms with E-state index in [1.165, 1.54) is 4.31 Å². The summed E-state index contributed by atoms with van der Waals surface area (Å²) < 4.78 is 26.8. The Morgan fingerprint density at radius 1 is 1.28 bits per heavy atom. The zero-order valence-electron chi connectivity index (χ0n) is 15.1. The molecule has 6 nitrogen and oxygen atoms in total. The van der Waals surface area contributed by atoms with Crippen molar-refractivity contribution < 1.29 is 13.2 Å². The molecule has 0 aromatic heterocycles. The molecule has 0 aliphatic carbocycles. The number of rotatable bonds is 6. The topological polar surface area (TPSA) is 78.8 Å². The molecule has 1 heterocycles. The Hall–Kier alpha value is -1.73. The van der Waals surface area contributed by atoms with Crippen molar-refractivity contribution in [3.8, 4) is 0 Å². The van der Waals surface area contributed by atoms with Gasteiger partial charge in [0.1, 0.15) is 0 Å². The number of nitrogens with one attached hydrogen (secondary N) is 1. The molecule has 7 heteroatoms. The van der Waals surface area contributed by atoms with Gasteiger partial charge in [-0.3, -0.25) is 4.79 Å². The van der Waals surface area contributed by atoms with E-state index in [0.29, 0.717) is 36.7 Å². The lowest BCUT2D eigenvalue weighted by Crippen LogP contribution is -2.42. The van der Waals surface area contributed by atoms with Gasteiger partial charge in [0.05, 0.1) is 4.90 Å². The zero-order valence-corrected chi connectivity index (χ0v) is 15.9. The average molecular weight is 365 g/mol. The Morgan fingerprint density at radius 3 is 2.44 bits per heavy atom. The molecule has 1 saturated heterocycles. The second-order valence-corrected chi connectivity index (χ2v) is 8.85. The van der Waals surface area contributed by atoms with Crippen LogP contribution in [0.4, 0.5) is 0 Å². The number of nitrogens with zero attached hydrogens (tertiary/aromatic N) is 2. The van der Waals surface area contributed by atoms with E-state index >= 15 is 0 Å². The summed E-state index contributed by atoms with van der Waals surface area (Å²) in [6.07, 6.45) is 3.54. The molecule has 1 aliphatic rings. The summed E-state index contributed by atoms with van der Waals surface area (Å²) in [5.41, 5.74) is 3.58. The zero-order chi connectivity index (χ0) is 18.4. The Bertz CT molecular complexity index is 704. The summed E-state index contributed by atoms with van der Waals surface area (Å²) in [6.45, 7) is 6.79. The molecule has 1 aliphatic heterocycles. The minimum atomic E-state index is -3.49. The highest BCUT2D eigenvalue weighted by molar-refractivity contribution is 7.89. The molecule has 0 bridgehead atoms. The highest BCUT2D eigenvalue weighted by Crippen LogP contribution is 2.24. The summed E-state index contributed by atoms with van der Waals surface area (Å²) in [4.78, 5) is 12.4. The maximum absolute atomic E-state index is 12.7. The highest BCUT2D eigenvalue weighted by atomic mass is 32.2. The Labute approximate surface area is 150 Å². The van der Waals surface area contributed by atoms with Gasteiger partial charge in [-0.25, -0.2) is 13.8 Å². The van der Waals surface area contributed by atoms with E-state index in [1.807, 2.05) is 6.92 Å². The monoisotopic (exact) mass is 365 g/mol. The van der Waals surface area contributed by atoms with Crippen molar-refractivity contribution in [3.63, 3.8) is 0 Å². The summed E-state index contributed by atoms with van der Waals surface area (Å²) in [6, 6.07) is 6.85. The molecule has 2 rings (SSSR count). The summed E-state index contributed by atoms with van der Waals surface area (Å²) in [5, 5.41) is 3.95. The molecule has 1 aromatic rings. The first-order valence-electron chi connectivity index (χ1n) is 8.69. The minimum absolute atomic E-state index is 0.132. The van der Waals surface area contributed by atoms with Crippen LogP contribution in [-0.4, -0.2) is 37.9 Å². The van der Waals surface area contributed by atoms with Crippen molar-refractivity contribution in [2.24, 2.45) is 16.9 Å². The van der Waals surface area contributed by atoms with Gasteiger partial charge in [-0.15, -0.1) is 0 Å². The van der Waals surface area contributed by atoms with Crippen molar-refractivity contribution in [2.45, 2.75) is 44.9 Å². The largest absolute Gasteiger partial charge is 0.273 e. The number of carbonyl (C=O) groups is 1. The third-order valence-corrected chi connectivity index (χ3v) is 6.24. The Kier molecular flexibility index (Phi) is 6.72. The number of hydrogen-bond donors (Lipinski definition) is 1. The molecule has 0 radical (unpaired) electrons. The molecule has 0 spiro atoms. The number of hydrogen-bond acceptors (Lipinski definition) is 4. The molecule has 1 fully saturated rings. The van der Waals surface area contributed by atoms with Crippen LogP contribution in [0.3, 0.4) is 0 Å². The van der Waals surface area contributed by atoms with Gasteiger partial charge in [-0.2, -0.15) is 9.41 Å². The lowest BCUT2D eigenvalue weighted by molar-refractivity contribution is -0.126. The molecule has 1 N–H and O–H groups in total. The van der Waals surface area contributed by atoms with E-state index in [2.05, 4.69) is 24.4 Å². The maximum Gasteiger partial charge on any atom is 0.243 e. The Balaban J connectivity index is 1.89. The summed E-state index contributed by atoms with van der Waals surface area (Å²) >= 11 is 0. The number of carbonyl (C=O) groups excluding carboxylic acids is 1. The van der Waals surface area contributed by atoms with Gasteiger partial charge in [0.15, 0.2) is 0 Å². The number of aryl methyl sites for hydroxylation is 1. The highest BCUT2D eigenvalue weighted by Gasteiger charge is 2.31. The molecule has 1 aromatic carbocycles. The van der Waals surface area contributed by atoms with Crippen molar-refractivity contribution in [1.82, 2.24) is 9.73 Å². The van der Waals surface area contributed by atoms with Crippen molar-refractivity contribution in [1.29, 1.82) is 0 Å². The van der Waals surface area contributed by atoms with E-state index in [4.69, 9.17) is 0 Å². The van der Waals surface area contributed by atoms with Crippen molar-refractivity contribution in [2.75, 3.05) is 13.1 Å². The van der Waals surface area contributed by atoms with Crippen LogP contribution in [0.1, 0.15) is 38.7 Å². The van der Waals surface area contributed by atoms with Gasteiger partial charge in [-0.1, -0.05) is 31.5 Å². The first-order chi connectivity index (χ1) is 11.8. The fraction of sp³-hybridized carbons (Fsp3) is 0.556. The summed E-state index contributed by atoms with van der Waals surface area (Å²) in [5.74, 6) is 0.170. The second kappa shape index (κ2) is 8.58. The fourth-order valence-electron chi connectivity index (χ4n) is 2.68. The molecule has 0 atom stereocenters. The molecule has 1 amide bonds. The van der Waals surface area contributed by atoms with Crippen LogP contribution >= 0.6 is 0 Å². The van der Waals surface area contributed by atoms with Gasteiger partial charge in [0.2, 0.25) is 15.9 Å². The molecule has 0 saturated carbocycles. The van der Waals surface area contributed by atoms with Crippen LogP contribution in [0.25, 0.3) is 0 Å². The van der Waals surface area contributed by atoms with Crippen LogP contribution in [0.2, 0.25) is 0 Å². The minimum Gasteiger partial charge on any atom is -0.273 e. The third-order valence-electron chi connectivity index (χ3n) is 4.33. The lowest BCUT2D eigenvalue weighted by atomic mass is 9.98. The normalized spacial score (nSPS) is 17.3. The SMILES string of the molecule is Cc1ccc(S(=O)(=O)N2CCC(C(=O)N/N=C/CC(C)C)CC2)cc1. The predicted octanol–water partition coefficient (Wildman–Crippen LogP) is 2.54. The number of benzene rings is 1. The van der Waals surface area contributed by atoms with Crippen LogP contribution in [0.15, 0.2) is 34.3 Å². The van der Waals surface area contributed by atoms with Gasteiger partial charge in [0, 0.05) is 25.2 Å². The summed E-state index contributed by atoms with van der Waals surface area (Å²) in [7, 11) is -3.49. The van der Waals surface area contributed by atoms with E-state index in [0.717, 1.165) is 12.0 Å². The van der Waals surface area contributed by atoms with Crippen molar-refractivity contribution in [3.05, 3.63) is 29.8 Å². The standard InChI is InChI=1S/C18H27N3O3S/c1-14(2)8-11-19-20-18(22)16-9-12-21(13-10-16)25(23,24)17-6-4-15(3)5-7-17/h4-7,11,14,16H,8-10,12-13H2,1-3H3,(H,20,22)/b19-11+. The second-order valence-electron chi connectivity index (χ2n) is 6.91. The molecule has 138 valence electrons. The van der Waals surface area contributed by atoms with E-state index in [9.17, 15) is 13.2 Å². The van der Waals surface area contributed by atoms with E-state index < -0.39 is 10.0 Å². The Morgan fingerprint density at radius 2 is 1.88 bits per heavy atom.